The van der Waals surface area contributed by atoms with Crippen LogP contribution in [0, 0.1) is 0 Å². The molecule has 0 N–H and O–H groups in total. The van der Waals surface area contributed by atoms with Crippen LogP contribution in [0.25, 0.3) is 0 Å². The maximum absolute atomic E-state index is 13.5. The molecule has 4 nitrogen and oxygen atoms in total. The van der Waals surface area contributed by atoms with Crippen LogP contribution < -0.4 is 0 Å². The summed E-state index contributed by atoms with van der Waals surface area (Å²) >= 11 is 0. The van der Waals surface area contributed by atoms with Gasteiger partial charge in [-0.05, 0) is 64.0 Å². The van der Waals surface area contributed by atoms with E-state index in [1.165, 1.54) is 5.56 Å². The number of hydrogen-bond acceptors (Lipinski definition) is 3. The zero-order valence-electron chi connectivity index (χ0n) is 19.3. The summed E-state index contributed by atoms with van der Waals surface area (Å²) in [5.74, 6) is 0. The fourth-order valence-electron chi connectivity index (χ4n) is 5.67. The average molecular weight is 422 g/mol. The van der Waals surface area contributed by atoms with Gasteiger partial charge in [-0.15, -0.1) is 0 Å². The van der Waals surface area contributed by atoms with Gasteiger partial charge < -0.3 is 9.47 Å². The maximum Gasteiger partial charge on any atom is 0.411 e. The molecule has 4 heteroatoms. The molecular formula is C27H35NO3. The topological polar surface area (TPSA) is 38.8 Å². The van der Waals surface area contributed by atoms with Crippen LogP contribution in [0.5, 0.6) is 0 Å². The number of carbonyl (C=O) groups is 1. The van der Waals surface area contributed by atoms with E-state index in [4.69, 9.17) is 9.47 Å². The van der Waals surface area contributed by atoms with Gasteiger partial charge >= 0.3 is 6.09 Å². The quantitative estimate of drug-likeness (QED) is 0.586. The number of rotatable bonds is 5. The molecule has 3 aliphatic carbocycles. The summed E-state index contributed by atoms with van der Waals surface area (Å²) in [6, 6.07) is 21.0. The van der Waals surface area contributed by atoms with Crippen LogP contribution in [0.4, 0.5) is 4.79 Å². The van der Waals surface area contributed by atoms with E-state index in [0.29, 0.717) is 6.54 Å². The van der Waals surface area contributed by atoms with Gasteiger partial charge in [-0.2, -0.15) is 0 Å². The Morgan fingerprint density at radius 2 is 1.55 bits per heavy atom. The van der Waals surface area contributed by atoms with Gasteiger partial charge in [0.25, 0.3) is 0 Å². The summed E-state index contributed by atoms with van der Waals surface area (Å²) in [5, 5.41) is 0. The van der Waals surface area contributed by atoms with Crippen molar-refractivity contribution in [3.05, 3.63) is 71.8 Å². The lowest BCUT2D eigenvalue weighted by molar-refractivity contribution is -0.115. The third-order valence-electron chi connectivity index (χ3n) is 7.26. The van der Waals surface area contributed by atoms with E-state index in [9.17, 15) is 4.79 Å². The minimum absolute atomic E-state index is 0.0319. The van der Waals surface area contributed by atoms with E-state index in [1.807, 2.05) is 51.0 Å². The van der Waals surface area contributed by atoms with Gasteiger partial charge in [0.2, 0.25) is 0 Å². The number of carbonyl (C=O) groups excluding carboxylic acids is 1. The highest BCUT2D eigenvalue weighted by Gasteiger charge is 2.58. The lowest BCUT2D eigenvalue weighted by Crippen LogP contribution is -2.65. The average Bonchev–Trinajstić information content (AvgIpc) is 2.78. The fraction of sp³-hybridized carbons (Fsp3) is 0.519. The molecular weight excluding hydrogens is 386 g/mol. The molecule has 1 atom stereocenters. The Labute approximate surface area is 186 Å². The van der Waals surface area contributed by atoms with Gasteiger partial charge in [0.1, 0.15) is 5.60 Å². The molecule has 3 aliphatic rings. The highest BCUT2D eigenvalue weighted by Crippen LogP contribution is 2.57. The Bertz CT molecular complexity index is 880. The first kappa shape index (κ1) is 21.9. The molecule has 166 valence electrons. The van der Waals surface area contributed by atoms with Gasteiger partial charge in [-0.25, -0.2) is 4.79 Å². The maximum atomic E-state index is 13.5. The SMILES string of the molecule is CO[C@H]1CC2(N(Cc3ccccc3)C(=O)OC(C)(C)C)CCC1(c1ccccc1)CC2. The molecule has 0 unspecified atom stereocenters. The second-order valence-corrected chi connectivity index (χ2v) is 10.2. The molecule has 0 saturated heterocycles. The summed E-state index contributed by atoms with van der Waals surface area (Å²) in [7, 11) is 1.82. The first-order valence-electron chi connectivity index (χ1n) is 11.4. The van der Waals surface area contributed by atoms with Crippen molar-refractivity contribution in [2.75, 3.05) is 7.11 Å². The van der Waals surface area contributed by atoms with Gasteiger partial charge in [-0.3, -0.25) is 4.90 Å². The highest BCUT2D eigenvalue weighted by molar-refractivity contribution is 5.69. The molecule has 0 aromatic heterocycles. The first-order chi connectivity index (χ1) is 14.8. The Morgan fingerprint density at radius 3 is 2.10 bits per heavy atom. The lowest BCUT2D eigenvalue weighted by Gasteiger charge is -2.60. The van der Waals surface area contributed by atoms with Crippen LogP contribution in [0.1, 0.15) is 64.0 Å². The minimum Gasteiger partial charge on any atom is -0.444 e. The molecule has 0 radical (unpaired) electrons. The Balaban J connectivity index is 1.66. The van der Waals surface area contributed by atoms with Crippen LogP contribution in [-0.4, -0.2) is 35.3 Å². The molecule has 3 saturated carbocycles. The second-order valence-electron chi connectivity index (χ2n) is 10.2. The van der Waals surface area contributed by atoms with Crippen molar-refractivity contribution in [1.29, 1.82) is 0 Å². The molecule has 3 fully saturated rings. The van der Waals surface area contributed by atoms with Crippen molar-refractivity contribution in [3.8, 4) is 0 Å². The summed E-state index contributed by atoms with van der Waals surface area (Å²) < 4.78 is 12.0. The van der Waals surface area contributed by atoms with E-state index in [-0.39, 0.29) is 23.2 Å². The molecule has 2 bridgehead atoms. The largest absolute Gasteiger partial charge is 0.444 e. The monoisotopic (exact) mass is 421 g/mol. The van der Waals surface area contributed by atoms with Crippen molar-refractivity contribution >= 4 is 6.09 Å². The molecule has 2 aromatic rings. The lowest BCUT2D eigenvalue weighted by atomic mass is 9.53. The molecule has 31 heavy (non-hydrogen) atoms. The van der Waals surface area contributed by atoms with Gasteiger partial charge in [0.05, 0.1) is 6.10 Å². The third kappa shape index (κ3) is 4.23. The van der Waals surface area contributed by atoms with Crippen molar-refractivity contribution in [2.45, 2.75) is 82.1 Å². The van der Waals surface area contributed by atoms with Crippen molar-refractivity contribution in [1.82, 2.24) is 4.90 Å². The summed E-state index contributed by atoms with van der Waals surface area (Å²) in [5.41, 5.74) is 1.75. The number of methoxy groups -OCH3 is 1. The summed E-state index contributed by atoms with van der Waals surface area (Å²) in [4.78, 5) is 15.5. The molecule has 0 spiro atoms. The molecule has 5 rings (SSSR count). The Morgan fingerprint density at radius 1 is 0.968 bits per heavy atom. The minimum atomic E-state index is -0.527. The number of benzene rings is 2. The molecule has 0 heterocycles. The van der Waals surface area contributed by atoms with Crippen LogP contribution in [0.2, 0.25) is 0 Å². The van der Waals surface area contributed by atoms with E-state index in [0.717, 1.165) is 37.7 Å². The number of fused-ring (bicyclic) bond motifs is 3. The van der Waals surface area contributed by atoms with Crippen molar-refractivity contribution in [2.24, 2.45) is 0 Å². The smallest absolute Gasteiger partial charge is 0.411 e. The summed E-state index contributed by atoms with van der Waals surface area (Å²) in [6.45, 7) is 6.36. The number of amides is 1. The zero-order valence-corrected chi connectivity index (χ0v) is 19.3. The zero-order chi connectivity index (χ0) is 22.1. The van der Waals surface area contributed by atoms with E-state index in [1.54, 1.807) is 0 Å². The van der Waals surface area contributed by atoms with Gasteiger partial charge in [0, 0.05) is 24.6 Å². The fourth-order valence-corrected chi connectivity index (χ4v) is 5.67. The third-order valence-corrected chi connectivity index (χ3v) is 7.26. The first-order valence-corrected chi connectivity index (χ1v) is 11.4. The van der Waals surface area contributed by atoms with Crippen LogP contribution in [0.15, 0.2) is 60.7 Å². The van der Waals surface area contributed by atoms with E-state index >= 15 is 0 Å². The predicted octanol–water partition coefficient (Wildman–Crippen LogP) is 6.09. The second kappa shape index (κ2) is 8.31. The van der Waals surface area contributed by atoms with E-state index in [2.05, 4.69) is 42.5 Å². The van der Waals surface area contributed by atoms with Crippen LogP contribution in [0.3, 0.4) is 0 Å². The number of nitrogens with zero attached hydrogens (tertiary/aromatic N) is 1. The molecule has 1 amide bonds. The van der Waals surface area contributed by atoms with Crippen LogP contribution >= 0.6 is 0 Å². The standard InChI is InChI=1S/C27H35NO3/c1-25(2,3)31-24(29)28(20-21-11-7-5-8-12-21)26-15-17-27(18-16-26,23(19-26)30-4)22-13-9-6-10-14-22/h5-14,23H,15-20H2,1-4H3/t23-,26?,27?/m0/s1. The van der Waals surface area contributed by atoms with Crippen molar-refractivity contribution in [3.63, 3.8) is 0 Å². The molecule has 2 aromatic carbocycles. The Kier molecular flexibility index (Phi) is 5.87. The number of hydrogen-bond donors (Lipinski definition) is 0. The summed E-state index contributed by atoms with van der Waals surface area (Å²) in [6.07, 6.45) is 4.66. The number of ether oxygens (including phenoxy) is 2. The highest BCUT2D eigenvalue weighted by atomic mass is 16.6. The van der Waals surface area contributed by atoms with Crippen LogP contribution in [-0.2, 0) is 21.4 Å². The van der Waals surface area contributed by atoms with Gasteiger partial charge in [-0.1, -0.05) is 60.7 Å². The van der Waals surface area contributed by atoms with E-state index < -0.39 is 5.60 Å². The predicted molar refractivity (Wildman–Crippen MR) is 123 cm³/mol. The normalized spacial score (nSPS) is 27.7. The van der Waals surface area contributed by atoms with Gasteiger partial charge in [0.15, 0.2) is 0 Å². The van der Waals surface area contributed by atoms with Crippen molar-refractivity contribution < 1.29 is 14.3 Å². The molecule has 0 aliphatic heterocycles. The Hall–Kier alpha value is -2.33.